The van der Waals surface area contributed by atoms with Gasteiger partial charge in [0.1, 0.15) is 11.8 Å². The summed E-state index contributed by atoms with van der Waals surface area (Å²) in [4.78, 5) is 10.9. The molecule has 0 spiro atoms. The Morgan fingerprint density at radius 3 is 2.86 bits per heavy atom. The average molecular weight is 284 g/mol. The predicted octanol–water partition coefficient (Wildman–Crippen LogP) is 0.969. The Morgan fingerprint density at radius 2 is 2.19 bits per heavy atom. The van der Waals surface area contributed by atoms with Crippen LogP contribution in [0.15, 0.2) is 22.9 Å². The van der Waals surface area contributed by atoms with Gasteiger partial charge in [0.25, 0.3) is 5.89 Å². The van der Waals surface area contributed by atoms with Crippen LogP contribution in [-0.4, -0.2) is 46.2 Å². The van der Waals surface area contributed by atoms with E-state index in [9.17, 15) is 0 Å². The Hall–Kier alpha value is -2.30. The van der Waals surface area contributed by atoms with Crippen molar-refractivity contribution in [3.8, 4) is 17.7 Å². The van der Waals surface area contributed by atoms with Gasteiger partial charge < -0.3 is 9.84 Å². The summed E-state index contributed by atoms with van der Waals surface area (Å²) >= 11 is 0. The molecule has 0 bridgehead atoms. The summed E-state index contributed by atoms with van der Waals surface area (Å²) in [7, 11) is 0. The molecule has 0 aromatic carbocycles. The minimum absolute atomic E-state index is 0.114. The molecule has 1 saturated heterocycles. The number of aromatic nitrogens is 3. The molecule has 3 heterocycles. The lowest BCUT2D eigenvalue weighted by atomic mass is 10.2. The Bertz CT molecular complexity index is 638. The summed E-state index contributed by atoms with van der Waals surface area (Å²) in [6, 6.07) is 5.54. The van der Waals surface area contributed by atoms with Crippen LogP contribution in [0.25, 0.3) is 11.6 Å². The van der Waals surface area contributed by atoms with Crippen molar-refractivity contribution in [2.45, 2.75) is 13.0 Å². The van der Waals surface area contributed by atoms with Crippen molar-refractivity contribution < 1.29 is 4.52 Å². The smallest absolute Gasteiger partial charge is 0.276 e. The number of hydrogen-bond acceptors (Lipinski definition) is 7. The van der Waals surface area contributed by atoms with E-state index in [1.54, 1.807) is 12.1 Å². The second kappa shape index (κ2) is 5.99. The molecule has 0 amide bonds. The Kier molecular flexibility index (Phi) is 3.90. The second-order valence-electron chi connectivity index (χ2n) is 4.96. The minimum atomic E-state index is 0.114. The van der Waals surface area contributed by atoms with Crippen LogP contribution in [0.1, 0.15) is 24.4 Å². The Morgan fingerprint density at radius 1 is 1.38 bits per heavy atom. The zero-order valence-electron chi connectivity index (χ0n) is 11.8. The van der Waals surface area contributed by atoms with Gasteiger partial charge in [-0.25, -0.2) is 4.98 Å². The third-order valence-corrected chi connectivity index (χ3v) is 3.63. The molecule has 1 N–H and O–H groups in total. The molecular weight excluding hydrogens is 268 g/mol. The first-order valence-electron chi connectivity index (χ1n) is 6.93. The van der Waals surface area contributed by atoms with Gasteiger partial charge in [0.05, 0.1) is 11.6 Å². The number of piperazine rings is 1. The van der Waals surface area contributed by atoms with E-state index in [1.807, 2.05) is 6.07 Å². The maximum atomic E-state index is 8.77. The highest BCUT2D eigenvalue weighted by atomic mass is 16.5. The van der Waals surface area contributed by atoms with Gasteiger partial charge in [-0.2, -0.15) is 10.2 Å². The van der Waals surface area contributed by atoms with E-state index in [-0.39, 0.29) is 6.04 Å². The number of nitrogens with one attached hydrogen (secondary N) is 1. The third-order valence-electron chi connectivity index (χ3n) is 3.63. The summed E-state index contributed by atoms with van der Waals surface area (Å²) in [5.41, 5.74) is 1.09. The van der Waals surface area contributed by atoms with Crippen LogP contribution >= 0.6 is 0 Å². The normalized spacial score (nSPS) is 17.3. The SMILES string of the molecule is CC(c1noc(-c2ccc(C#N)cn2)n1)N1CCNCC1. The van der Waals surface area contributed by atoms with Crippen molar-refractivity contribution in [2.24, 2.45) is 0 Å². The van der Waals surface area contributed by atoms with Crippen LogP contribution in [0.4, 0.5) is 0 Å². The van der Waals surface area contributed by atoms with Crippen LogP contribution in [0.3, 0.4) is 0 Å². The van der Waals surface area contributed by atoms with Gasteiger partial charge in [0.2, 0.25) is 0 Å². The topological polar surface area (TPSA) is 90.9 Å². The highest BCUT2D eigenvalue weighted by molar-refractivity contribution is 5.47. The maximum absolute atomic E-state index is 8.77. The van der Waals surface area contributed by atoms with Gasteiger partial charge in [-0.1, -0.05) is 5.16 Å². The van der Waals surface area contributed by atoms with Crippen molar-refractivity contribution in [3.05, 3.63) is 29.7 Å². The molecule has 108 valence electrons. The predicted molar refractivity (Wildman–Crippen MR) is 75.1 cm³/mol. The molecule has 1 fully saturated rings. The minimum Gasteiger partial charge on any atom is -0.332 e. The molecule has 0 radical (unpaired) electrons. The molecule has 2 aromatic heterocycles. The van der Waals surface area contributed by atoms with Gasteiger partial charge in [-0.15, -0.1) is 0 Å². The van der Waals surface area contributed by atoms with Crippen LogP contribution in [0.5, 0.6) is 0 Å². The largest absolute Gasteiger partial charge is 0.332 e. The van der Waals surface area contributed by atoms with E-state index in [4.69, 9.17) is 9.78 Å². The van der Waals surface area contributed by atoms with Crippen molar-refractivity contribution >= 4 is 0 Å². The van der Waals surface area contributed by atoms with Crippen LogP contribution in [-0.2, 0) is 0 Å². The second-order valence-corrected chi connectivity index (χ2v) is 4.96. The van der Waals surface area contributed by atoms with Gasteiger partial charge in [-0.3, -0.25) is 4.90 Å². The van der Waals surface area contributed by atoms with E-state index in [1.165, 1.54) is 6.20 Å². The van der Waals surface area contributed by atoms with Crippen molar-refractivity contribution in [1.29, 1.82) is 5.26 Å². The fourth-order valence-electron chi connectivity index (χ4n) is 2.33. The van der Waals surface area contributed by atoms with Crippen molar-refractivity contribution in [3.63, 3.8) is 0 Å². The standard InChI is InChI=1S/C14H16N6O/c1-10(20-6-4-16-5-7-20)13-18-14(21-19-13)12-3-2-11(8-15)9-17-12/h2-3,9-10,16H,4-7H2,1H3. The molecule has 1 unspecified atom stereocenters. The molecule has 0 saturated carbocycles. The molecule has 7 nitrogen and oxygen atoms in total. The van der Waals surface area contributed by atoms with E-state index in [2.05, 4.69) is 32.3 Å². The Labute approximate surface area is 122 Å². The number of nitrogens with zero attached hydrogens (tertiary/aromatic N) is 5. The number of pyridine rings is 1. The molecular formula is C14H16N6O. The zero-order valence-corrected chi connectivity index (χ0v) is 11.8. The first-order valence-corrected chi connectivity index (χ1v) is 6.93. The summed E-state index contributed by atoms with van der Waals surface area (Å²) in [5, 5.41) is 16.1. The van der Waals surface area contributed by atoms with Gasteiger partial charge in [0, 0.05) is 32.4 Å². The number of hydrogen-bond donors (Lipinski definition) is 1. The van der Waals surface area contributed by atoms with Gasteiger partial charge in [0.15, 0.2) is 5.82 Å². The van der Waals surface area contributed by atoms with Crippen molar-refractivity contribution in [1.82, 2.24) is 25.3 Å². The third kappa shape index (κ3) is 2.91. The van der Waals surface area contributed by atoms with E-state index in [0.29, 0.717) is 23.0 Å². The lowest BCUT2D eigenvalue weighted by Gasteiger charge is -2.30. The highest BCUT2D eigenvalue weighted by Gasteiger charge is 2.23. The summed E-state index contributed by atoms with van der Waals surface area (Å²) in [6.45, 7) is 5.98. The first-order chi connectivity index (χ1) is 10.3. The van der Waals surface area contributed by atoms with Crippen molar-refractivity contribution in [2.75, 3.05) is 26.2 Å². The molecule has 1 aliphatic heterocycles. The van der Waals surface area contributed by atoms with Crippen LogP contribution in [0, 0.1) is 11.3 Å². The summed E-state index contributed by atoms with van der Waals surface area (Å²) < 4.78 is 5.29. The lowest BCUT2D eigenvalue weighted by molar-refractivity contribution is 0.176. The van der Waals surface area contributed by atoms with Gasteiger partial charge >= 0.3 is 0 Å². The zero-order chi connectivity index (χ0) is 14.7. The summed E-state index contributed by atoms with van der Waals surface area (Å²) in [5.74, 6) is 1.05. The molecule has 2 aromatic rings. The molecule has 7 heteroatoms. The maximum Gasteiger partial charge on any atom is 0.276 e. The molecule has 0 aliphatic carbocycles. The monoisotopic (exact) mass is 284 g/mol. The molecule has 1 aliphatic rings. The van der Waals surface area contributed by atoms with Crippen LogP contribution in [0.2, 0.25) is 0 Å². The fourth-order valence-corrected chi connectivity index (χ4v) is 2.33. The van der Waals surface area contributed by atoms with Crippen LogP contribution < -0.4 is 5.32 Å². The molecule has 21 heavy (non-hydrogen) atoms. The highest BCUT2D eigenvalue weighted by Crippen LogP contribution is 2.21. The van der Waals surface area contributed by atoms with E-state index in [0.717, 1.165) is 26.2 Å². The number of rotatable bonds is 3. The van der Waals surface area contributed by atoms with E-state index < -0.39 is 0 Å². The quantitative estimate of drug-likeness (QED) is 0.897. The van der Waals surface area contributed by atoms with Gasteiger partial charge in [-0.05, 0) is 19.1 Å². The number of nitriles is 1. The lowest BCUT2D eigenvalue weighted by Crippen LogP contribution is -2.44. The average Bonchev–Trinajstić information content (AvgIpc) is 3.05. The fraction of sp³-hybridized carbons (Fsp3) is 0.429. The summed E-state index contributed by atoms with van der Waals surface area (Å²) in [6.07, 6.45) is 1.50. The Balaban J connectivity index is 1.77. The molecule has 3 rings (SSSR count). The first kappa shape index (κ1) is 13.7. The molecule has 1 atom stereocenters. The van der Waals surface area contributed by atoms with E-state index >= 15 is 0 Å².